The summed E-state index contributed by atoms with van der Waals surface area (Å²) in [4.78, 5) is 26.7. The second kappa shape index (κ2) is 8.53. The molecular weight excluding hydrogens is 296 g/mol. The molecule has 1 heterocycles. The summed E-state index contributed by atoms with van der Waals surface area (Å²) in [7, 11) is 1.75. The molecule has 1 aliphatic rings. The number of hydrogen-bond donors (Lipinski definition) is 1. The van der Waals surface area contributed by atoms with E-state index in [2.05, 4.69) is 0 Å². The van der Waals surface area contributed by atoms with Crippen LogP contribution in [0.1, 0.15) is 19.3 Å². The van der Waals surface area contributed by atoms with Crippen LogP contribution in [0.2, 0.25) is 0 Å². The van der Waals surface area contributed by atoms with Crippen molar-refractivity contribution in [2.45, 2.75) is 25.3 Å². The van der Waals surface area contributed by atoms with Crippen LogP contribution < -0.4 is 4.74 Å². The van der Waals surface area contributed by atoms with Gasteiger partial charge in [-0.3, -0.25) is 14.5 Å². The Morgan fingerprint density at radius 2 is 2.09 bits per heavy atom. The predicted octanol–water partition coefficient (Wildman–Crippen LogP) is 1.46. The summed E-state index contributed by atoms with van der Waals surface area (Å²) in [5.41, 5.74) is 0. The van der Waals surface area contributed by atoms with Gasteiger partial charge in [0.2, 0.25) is 5.91 Å². The van der Waals surface area contributed by atoms with E-state index in [9.17, 15) is 9.59 Å². The molecule has 0 spiro atoms. The van der Waals surface area contributed by atoms with E-state index in [1.54, 1.807) is 16.8 Å². The molecule has 0 saturated carbocycles. The minimum atomic E-state index is -0.839. The van der Waals surface area contributed by atoms with Crippen molar-refractivity contribution in [3.63, 3.8) is 0 Å². The number of carbonyl (C=O) groups is 2. The van der Waals surface area contributed by atoms with Gasteiger partial charge in [-0.1, -0.05) is 18.2 Å². The van der Waals surface area contributed by atoms with Crippen molar-refractivity contribution in [2.75, 3.05) is 33.3 Å². The zero-order valence-electron chi connectivity index (χ0n) is 13.5. The zero-order chi connectivity index (χ0) is 16.7. The van der Waals surface area contributed by atoms with Crippen LogP contribution >= 0.6 is 0 Å². The molecule has 1 aromatic rings. The third-order valence-electron chi connectivity index (χ3n) is 4.06. The lowest BCUT2D eigenvalue weighted by atomic mass is 10.2. The molecule has 0 bridgehead atoms. The SMILES string of the molecule is CN(CCCOc1ccccc1)C(=O)CN1CCCC1C(=O)O. The molecule has 6 heteroatoms. The monoisotopic (exact) mass is 320 g/mol. The fourth-order valence-electron chi connectivity index (χ4n) is 2.72. The number of benzene rings is 1. The Morgan fingerprint density at radius 1 is 1.35 bits per heavy atom. The normalized spacial score (nSPS) is 17.9. The molecule has 0 radical (unpaired) electrons. The van der Waals surface area contributed by atoms with E-state index in [1.807, 2.05) is 30.3 Å². The summed E-state index contributed by atoms with van der Waals surface area (Å²) in [5.74, 6) is -0.0603. The molecule has 2 rings (SSSR count). The van der Waals surface area contributed by atoms with Crippen molar-refractivity contribution in [1.82, 2.24) is 9.80 Å². The number of ether oxygens (including phenoxy) is 1. The van der Waals surface area contributed by atoms with E-state index < -0.39 is 12.0 Å². The Bertz CT molecular complexity index is 521. The molecule has 1 aliphatic heterocycles. The Hall–Kier alpha value is -2.08. The van der Waals surface area contributed by atoms with E-state index in [-0.39, 0.29) is 12.5 Å². The largest absolute Gasteiger partial charge is 0.494 e. The lowest BCUT2D eigenvalue weighted by Gasteiger charge is -2.24. The van der Waals surface area contributed by atoms with Gasteiger partial charge in [0, 0.05) is 13.6 Å². The number of carbonyl (C=O) groups excluding carboxylic acids is 1. The number of carboxylic acid groups (broad SMARTS) is 1. The number of nitrogens with zero attached hydrogens (tertiary/aromatic N) is 2. The Morgan fingerprint density at radius 3 is 2.78 bits per heavy atom. The molecule has 0 aromatic heterocycles. The molecular formula is C17H24N2O4. The van der Waals surface area contributed by atoms with Gasteiger partial charge in [0.25, 0.3) is 0 Å². The van der Waals surface area contributed by atoms with Crippen LogP contribution in [0.15, 0.2) is 30.3 Å². The number of likely N-dealkylation sites (tertiary alicyclic amines) is 1. The fraction of sp³-hybridized carbons (Fsp3) is 0.529. The van der Waals surface area contributed by atoms with Crippen molar-refractivity contribution >= 4 is 11.9 Å². The molecule has 23 heavy (non-hydrogen) atoms. The van der Waals surface area contributed by atoms with Gasteiger partial charge < -0.3 is 14.7 Å². The standard InChI is InChI=1S/C17H24N2O4/c1-18(10-6-12-23-14-7-3-2-4-8-14)16(20)13-19-11-5-9-15(19)17(21)22/h2-4,7-8,15H,5-6,9-13H2,1H3,(H,21,22). The summed E-state index contributed by atoms with van der Waals surface area (Å²) in [6.07, 6.45) is 2.19. The highest BCUT2D eigenvalue weighted by Gasteiger charge is 2.32. The van der Waals surface area contributed by atoms with Crippen molar-refractivity contribution in [2.24, 2.45) is 0 Å². The van der Waals surface area contributed by atoms with Crippen LogP contribution in [0.25, 0.3) is 0 Å². The van der Waals surface area contributed by atoms with E-state index in [0.717, 1.165) is 18.6 Å². The van der Waals surface area contributed by atoms with Crippen LogP contribution in [0.3, 0.4) is 0 Å². The highest BCUT2D eigenvalue weighted by atomic mass is 16.5. The lowest BCUT2D eigenvalue weighted by molar-refractivity contribution is -0.143. The lowest BCUT2D eigenvalue weighted by Crippen LogP contribution is -2.43. The van der Waals surface area contributed by atoms with E-state index in [0.29, 0.717) is 26.1 Å². The molecule has 126 valence electrons. The topological polar surface area (TPSA) is 70.1 Å². The maximum absolute atomic E-state index is 12.2. The summed E-state index contributed by atoms with van der Waals surface area (Å²) < 4.78 is 5.59. The van der Waals surface area contributed by atoms with Gasteiger partial charge in [-0.15, -0.1) is 0 Å². The van der Waals surface area contributed by atoms with E-state index >= 15 is 0 Å². The molecule has 1 unspecified atom stereocenters. The highest BCUT2D eigenvalue weighted by molar-refractivity contribution is 5.80. The van der Waals surface area contributed by atoms with Gasteiger partial charge in [-0.2, -0.15) is 0 Å². The van der Waals surface area contributed by atoms with Crippen LogP contribution in [-0.2, 0) is 9.59 Å². The van der Waals surface area contributed by atoms with Gasteiger partial charge in [0.1, 0.15) is 11.8 Å². The summed E-state index contributed by atoms with van der Waals surface area (Å²) in [6, 6.07) is 9.04. The number of likely N-dealkylation sites (N-methyl/N-ethyl adjacent to an activating group) is 1. The first-order chi connectivity index (χ1) is 11.1. The number of amides is 1. The van der Waals surface area contributed by atoms with Crippen molar-refractivity contribution < 1.29 is 19.4 Å². The minimum Gasteiger partial charge on any atom is -0.494 e. The molecule has 0 aliphatic carbocycles. The average Bonchev–Trinajstić information content (AvgIpc) is 3.00. The van der Waals surface area contributed by atoms with Gasteiger partial charge in [-0.25, -0.2) is 0 Å². The number of carboxylic acids is 1. The number of hydrogen-bond acceptors (Lipinski definition) is 4. The Kier molecular flexibility index (Phi) is 6.40. The second-order valence-corrected chi connectivity index (χ2v) is 5.80. The van der Waals surface area contributed by atoms with Crippen LogP contribution in [-0.4, -0.2) is 66.1 Å². The van der Waals surface area contributed by atoms with Crippen molar-refractivity contribution in [3.8, 4) is 5.75 Å². The summed E-state index contributed by atoms with van der Waals surface area (Å²) in [6.45, 7) is 1.99. The van der Waals surface area contributed by atoms with E-state index in [1.165, 1.54) is 0 Å². The second-order valence-electron chi connectivity index (χ2n) is 5.80. The first kappa shape index (κ1) is 17.3. The predicted molar refractivity (Wildman–Crippen MR) is 86.4 cm³/mol. The maximum Gasteiger partial charge on any atom is 0.320 e. The molecule has 1 atom stereocenters. The number of rotatable bonds is 8. The summed E-state index contributed by atoms with van der Waals surface area (Å²) >= 11 is 0. The van der Waals surface area contributed by atoms with Gasteiger partial charge >= 0.3 is 5.97 Å². The average molecular weight is 320 g/mol. The van der Waals surface area contributed by atoms with Crippen molar-refractivity contribution in [1.29, 1.82) is 0 Å². The highest BCUT2D eigenvalue weighted by Crippen LogP contribution is 2.17. The molecule has 1 saturated heterocycles. The smallest absolute Gasteiger partial charge is 0.320 e. The third-order valence-corrected chi connectivity index (χ3v) is 4.06. The van der Waals surface area contributed by atoms with Crippen LogP contribution in [0, 0.1) is 0 Å². The molecule has 1 aromatic carbocycles. The number of para-hydroxylation sites is 1. The first-order valence-corrected chi connectivity index (χ1v) is 7.96. The summed E-state index contributed by atoms with van der Waals surface area (Å²) in [5, 5.41) is 9.13. The van der Waals surface area contributed by atoms with Gasteiger partial charge in [0.15, 0.2) is 0 Å². The molecule has 1 N–H and O–H groups in total. The van der Waals surface area contributed by atoms with Gasteiger partial charge in [-0.05, 0) is 37.9 Å². The molecule has 6 nitrogen and oxygen atoms in total. The number of aliphatic carboxylic acids is 1. The van der Waals surface area contributed by atoms with Gasteiger partial charge in [0.05, 0.1) is 13.2 Å². The van der Waals surface area contributed by atoms with Crippen LogP contribution in [0.4, 0.5) is 0 Å². The first-order valence-electron chi connectivity index (χ1n) is 7.96. The fourth-order valence-corrected chi connectivity index (χ4v) is 2.72. The zero-order valence-corrected chi connectivity index (χ0v) is 13.5. The maximum atomic E-state index is 12.2. The quantitative estimate of drug-likeness (QED) is 0.735. The minimum absolute atomic E-state index is 0.0436. The third kappa shape index (κ3) is 5.25. The Balaban J connectivity index is 1.67. The molecule has 1 fully saturated rings. The van der Waals surface area contributed by atoms with Crippen LogP contribution in [0.5, 0.6) is 5.75 Å². The van der Waals surface area contributed by atoms with Crippen molar-refractivity contribution in [3.05, 3.63) is 30.3 Å². The van der Waals surface area contributed by atoms with E-state index in [4.69, 9.17) is 9.84 Å². The molecule has 1 amide bonds. The Labute approximate surface area is 136 Å².